The van der Waals surface area contributed by atoms with Crippen LogP contribution in [0.15, 0.2) is 24.3 Å². The van der Waals surface area contributed by atoms with Crippen LogP contribution in [0.25, 0.3) is 0 Å². The molecule has 0 radical (unpaired) electrons. The van der Waals surface area contributed by atoms with Gasteiger partial charge in [0.25, 0.3) is 5.91 Å². The smallest absolute Gasteiger partial charge is 0.339 e. The lowest BCUT2D eigenvalue weighted by Gasteiger charge is -2.09. The number of carbonyl (C=O) groups excluding carboxylic acids is 2. The normalized spacial score (nSPS) is 10.7. The van der Waals surface area contributed by atoms with Crippen LogP contribution < -0.4 is 5.32 Å². The summed E-state index contributed by atoms with van der Waals surface area (Å²) in [6.07, 6.45) is 0. The van der Waals surface area contributed by atoms with E-state index in [1.807, 2.05) is 24.3 Å². The average molecular weight is 314 g/mol. The highest BCUT2D eigenvalue weighted by molar-refractivity contribution is 6.06. The second kappa shape index (κ2) is 6.69. The van der Waals surface area contributed by atoms with Gasteiger partial charge >= 0.3 is 5.97 Å². The van der Waals surface area contributed by atoms with Crippen LogP contribution in [0.1, 0.15) is 57.4 Å². The summed E-state index contributed by atoms with van der Waals surface area (Å²) < 4.78 is 4.76. The number of amides is 1. The number of benzene rings is 1. The van der Waals surface area contributed by atoms with Crippen LogP contribution >= 0.6 is 0 Å². The van der Waals surface area contributed by atoms with Gasteiger partial charge in [-0.15, -0.1) is 0 Å². The second-order valence-corrected chi connectivity index (χ2v) is 5.85. The molecule has 2 N–H and O–H groups in total. The number of methoxy groups -OCH3 is 1. The van der Waals surface area contributed by atoms with E-state index in [4.69, 9.17) is 4.74 Å². The number of hydrogen-bond acceptors (Lipinski definition) is 3. The molecule has 0 saturated carbocycles. The Labute approximate surface area is 136 Å². The highest BCUT2D eigenvalue weighted by Gasteiger charge is 2.22. The Balaban J connectivity index is 2.28. The van der Waals surface area contributed by atoms with Crippen LogP contribution in [0.4, 0.5) is 5.69 Å². The number of aryl methyl sites for hydroxylation is 1. The topological polar surface area (TPSA) is 71.2 Å². The van der Waals surface area contributed by atoms with Crippen molar-refractivity contribution in [3.8, 4) is 0 Å². The van der Waals surface area contributed by atoms with E-state index in [0.29, 0.717) is 28.4 Å². The summed E-state index contributed by atoms with van der Waals surface area (Å²) in [6.45, 7) is 7.68. The predicted octanol–water partition coefficient (Wildman–Crippen LogP) is 3.79. The van der Waals surface area contributed by atoms with E-state index in [9.17, 15) is 9.59 Å². The lowest BCUT2D eigenvalue weighted by atomic mass is 10.0. The van der Waals surface area contributed by atoms with Crippen LogP contribution in [0, 0.1) is 13.8 Å². The molecule has 1 amide bonds. The number of rotatable bonds is 4. The number of hydrogen-bond donors (Lipinski definition) is 2. The van der Waals surface area contributed by atoms with Gasteiger partial charge in [0.05, 0.1) is 12.7 Å². The molecule has 0 unspecified atom stereocenters. The van der Waals surface area contributed by atoms with Gasteiger partial charge in [-0.2, -0.15) is 0 Å². The third-order valence-corrected chi connectivity index (χ3v) is 3.87. The quantitative estimate of drug-likeness (QED) is 0.843. The lowest BCUT2D eigenvalue weighted by Crippen LogP contribution is -2.14. The molecular weight excluding hydrogens is 292 g/mol. The maximum atomic E-state index is 12.5. The Hall–Kier alpha value is -2.56. The first kappa shape index (κ1) is 16.8. The zero-order valence-electron chi connectivity index (χ0n) is 14.1. The maximum Gasteiger partial charge on any atom is 0.339 e. The number of nitrogens with one attached hydrogen (secondary N) is 2. The van der Waals surface area contributed by atoms with Crippen molar-refractivity contribution in [2.45, 2.75) is 33.6 Å². The van der Waals surface area contributed by atoms with Crippen molar-refractivity contribution in [1.29, 1.82) is 0 Å². The number of aromatic nitrogens is 1. The molecule has 0 fully saturated rings. The maximum absolute atomic E-state index is 12.5. The van der Waals surface area contributed by atoms with E-state index in [1.165, 1.54) is 7.11 Å². The number of carbonyl (C=O) groups is 2. The molecule has 23 heavy (non-hydrogen) atoms. The van der Waals surface area contributed by atoms with Crippen LogP contribution in [0.2, 0.25) is 0 Å². The molecule has 5 heteroatoms. The van der Waals surface area contributed by atoms with Gasteiger partial charge in [-0.3, -0.25) is 4.79 Å². The number of aromatic amines is 1. The molecule has 2 rings (SSSR count). The van der Waals surface area contributed by atoms with Gasteiger partial charge in [-0.05, 0) is 43.0 Å². The number of anilines is 1. The molecule has 0 atom stereocenters. The Kier molecular flexibility index (Phi) is 4.89. The first-order valence-electron chi connectivity index (χ1n) is 7.54. The summed E-state index contributed by atoms with van der Waals surface area (Å²) >= 11 is 0. The highest BCUT2D eigenvalue weighted by atomic mass is 16.5. The minimum Gasteiger partial charge on any atom is -0.465 e. The third kappa shape index (κ3) is 3.44. The van der Waals surface area contributed by atoms with Crippen molar-refractivity contribution in [1.82, 2.24) is 4.98 Å². The summed E-state index contributed by atoms with van der Waals surface area (Å²) in [5.41, 5.74) is 3.87. The largest absolute Gasteiger partial charge is 0.465 e. The summed E-state index contributed by atoms with van der Waals surface area (Å²) in [5, 5.41) is 2.87. The lowest BCUT2D eigenvalue weighted by molar-refractivity contribution is 0.0599. The average Bonchev–Trinajstić information content (AvgIpc) is 2.81. The molecule has 1 aromatic carbocycles. The van der Waals surface area contributed by atoms with Crippen molar-refractivity contribution in [2.75, 3.05) is 12.4 Å². The minimum atomic E-state index is -0.447. The van der Waals surface area contributed by atoms with Gasteiger partial charge in [-0.1, -0.05) is 26.0 Å². The molecule has 0 aliphatic rings. The van der Waals surface area contributed by atoms with Crippen LogP contribution in [-0.2, 0) is 4.74 Å². The first-order valence-corrected chi connectivity index (χ1v) is 7.54. The van der Waals surface area contributed by atoms with Crippen LogP contribution in [-0.4, -0.2) is 24.0 Å². The van der Waals surface area contributed by atoms with E-state index >= 15 is 0 Å². The highest BCUT2D eigenvalue weighted by Crippen LogP contribution is 2.22. The van der Waals surface area contributed by atoms with Gasteiger partial charge in [0.2, 0.25) is 0 Å². The predicted molar refractivity (Wildman–Crippen MR) is 90.1 cm³/mol. The molecule has 1 heterocycles. The molecule has 0 aliphatic heterocycles. The fraction of sp³-hybridized carbons (Fsp3) is 0.333. The molecule has 1 aromatic heterocycles. The number of ether oxygens (including phenoxy) is 1. The summed E-state index contributed by atoms with van der Waals surface area (Å²) in [7, 11) is 1.32. The van der Waals surface area contributed by atoms with Gasteiger partial charge in [0.15, 0.2) is 0 Å². The van der Waals surface area contributed by atoms with Crippen molar-refractivity contribution in [3.63, 3.8) is 0 Å². The molecule has 5 nitrogen and oxygen atoms in total. The molecule has 122 valence electrons. The van der Waals surface area contributed by atoms with E-state index in [1.54, 1.807) is 13.8 Å². The fourth-order valence-corrected chi connectivity index (χ4v) is 2.55. The standard InChI is InChI=1S/C18H22N2O3/c1-10(2)13-7-6-8-14(9-13)20-17(21)16-11(3)15(12(4)19-16)18(22)23-5/h6-10,19H,1-5H3,(H,20,21). The van der Waals surface area contributed by atoms with E-state index in [2.05, 4.69) is 24.1 Å². The van der Waals surface area contributed by atoms with Crippen LogP contribution in [0.3, 0.4) is 0 Å². The van der Waals surface area contributed by atoms with Crippen molar-refractivity contribution >= 4 is 17.6 Å². The Morgan fingerprint density at radius 2 is 1.91 bits per heavy atom. The molecule has 2 aromatic rings. The number of H-pyrrole nitrogens is 1. The van der Waals surface area contributed by atoms with Gasteiger partial charge in [-0.25, -0.2) is 4.79 Å². The molecule has 0 aliphatic carbocycles. The summed E-state index contributed by atoms with van der Waals surface area (Å²) in [4.78, 5) is 27.3. The molecular formula is C18H22N2O3. The molecule has 0 saturated heterocycles. The molecule has 0 bridgehead atoms. The monoisotopic (exact) mass is 314 g/mol. The van der Waals surface area contributed by atoms with Gasteiger partial charge < -0.3 is 15.0 Å². The van der Waals surface area contributed by atoms with Crippen molar-refractivity contribution < 1.29 is 14.3 Å². The van der Waals surface area contributed by atoms with Gasteiger partial charge in [0, 0.05) is 11.4 Å². The zero-order chi connectivity index (χ0) is 17.1. The zero-order valence-corrected chi connectivity index (χ0v) is 14.1. The van der Waals surface area contributed by atoms with E-state index < -0.39 is 5.97 Å². The Morgan fingerprint density at radius 1 is 1.22 bits per heavy atom. The van der Waals surface area contributed by atoms with E-state index in [0.717, 1.165) is 11.3 Å². The first-order chi connectivity index (χ1) is 10.8. The summed E-state index contributed by atoms with van der Waals surface area (Å²) in [6, 6.07) is 7.74. The Morgan fingerprint density at radius 3 is 2.52 bits per heavy atom. The minimum absolute atomic E-state index is 0.276. The van der Waals surface area contributed by atoms with Crippen molar-refractivity contribution in [2.24, 2.45) is 0 Å². The van der Waals surface area contributed by atoms with E-state index in [-0.39, 0.29) is 5.91 Å². The SMILES string of the molecule is COC(=O)c1c(C)[nH]c(C(=O)Nc2cccc(C(C)C)c2)c1C. The molecule has 0 spiro atoms. The Bertz CT molecular complexity index is 745. The van der Waals surface area contributed by atoms with Gasteiger partial charge in [0.1, 0.15) is 5.69 Å². The van der Waals surface area contributed by atoms with Crippen molar-refractivity contribution in [3.05, 3.63) is 52.3 Å². The fourth-order valence-electron chi connectivity index (χ4n) is 2.55. The second-order valence-electron chi connectivity index (χ2n) is 5.85. The summed E-state index contributed by atoms with van der Waals surface area (Å²) in [5.74, 6) is -0.342. The third-order valence-electron chi connectivity index (χ3n) is 3.87. The van der Waals surface area contributed by atoms with Crippen LogP contribution in [0.5, 0.6) is 0 Å². The number of esters is 1.